The van der Waals surface area contributed by atoms with Gasteiger partial charge in [-0.3, -0.25) is 4.79 Å². The minimum Gasteiger partial charge on any atom is -0.465 e. The van der Waals surface area contributed by atoms with Gasteiger partial charge in [0.05, 0.1) is 22.3 Å². The van der Waals surface area contributed by atoms with E-state index in [-0.39, 0.29) is 28.8 Å². The molecule has 8 heteroatoms. The molecule has 0 heterocycles. The number of hydrogen-bond acceptors (Lipinski definition) is 5. The first kappa shape index (κ1) is 19.2. The highest BCUT2D eigenvalue weighted by Crippen LogP contribution is 2.25. The normalized spacial score (nSPS) is 12.2. The zero-order chi connectivity index (χ0) is 17.0. The van der Waals surface area contributed by atoms with Gasteiger partial charge in [-0.2, -0.15) is 0 Å². The zero-order valence-corrected chi connectivity index (χ0v) is 15.0. The van der Waals surface area contributed by atoms with E-state index in [0.29, 0.717) is 5.02 Å². The molecule has 0 bridgehead atoms. The number of ether oxygens (including phenoxy) is 1. The Morgan fingerprint density at radius 3 is 2.55 bits per heavy atom. The second-order valence-corrected chi connectivity index (χ2v) is 8.09. The van der Waals surface area contributed by atoms with Gasteiger partial charge in [0, 0.05) is 11.6 Å². The van der Waals surface area contributed by atoms with Gasteiger partial charge in [-0.05, 0) is 39.0 Å². The van der Waals surface area contributed by atoms with Gasteiger partial charge in [0.25, 0.3) is 0 Å². The van der Waals surface area contributed by atoms with Crippen LogP contribution in [0.4, 0.5) is 0 Å². The summed E-state index contributed by atoms with van der Waals surface area (Å²) >= 11 is 11.7. The third kappa shape index (κ3) is 5.12. The average Bonchev–Trinajstić information content (AvgIpc) is 2.41. The van der Waals surface area contributed by atoms with Crippen molar-refractivity contribution >= 4 is 39.0 Å². The highest BCUT2D eigenvalue weighted by atomic mass is 35.5. The summed E-state index contributed by atoms with van der Waals surface area (Å²) in [5, 5.41) is 3.29. The molecule has 1 rings (SSSR count). The Kier molecular flexibility index (Phi) is 6.67. The van der Waals surface area contributed by atoms with Crippen LogP contribution in [0.2, 0.25) is 10.0 Å². The van der Waals surface area contributed by atoms with Gasteiger partial charge in [0.1, 0.15) is 5.54 Å². The van der Waals surface area contributed by atoms with Gasteiger partial charge in [-0.15, -0.1) is 0 Å². The molecule has 0 fully saturated rings. The van der Waals surface area contributed by atoms with Gasteiger partial charge < -0.3 is 10.1 Å². The predicted octanol–water partition coefficient (Wildman–Crippen LogP) is 2.70. The van der Waals surface area contributed by atoms with Crippen molar-refractivity contribution in [1.82, 2.24) is 5.32 Å². The molecule has 1 aromatic carbocycles. The quantitative estimate of drug-likeness (QED) is 0.750. The second-order valence-electron chi connectivity index (χ2n) is 5.17. The fourth-order valence-corrected chi connectivity index (χ4v) is 3.68. The van der Waals surface area contributed by atoms with E-state index in [0.717, 1.165) is 0 Å². The smallest absolute Gasteiger partial charge is 0.325 e. The number of nitrogens with one attached hydrogen (secondary N) is 1. The maximum Gasteiger partial charge on any atom is 0.325 e. The summed E-state index contributed by atoms with van der Waals surface area (Å²) in [6, 6.07) is 4.27. The molecular formula is C14H19Cl2NO4S. The van der Waals surface area contributed by atoms with Gasteiger partial charge >= 0.3 is 5.97 Å². The summed E-state index contributed by atoms with van der Waals surface area (Å²) < 4.78 is 29.5. The molecule has 0 unspecified atom stereocenters. The van der Waals surface area contributed by atoms with Crippen molar-refractivity contribution in [2.75, 3.05) is 18.9 Å². The van der Waals surface area contributed by atoms with Crippen LogP contribution in [-0.4, -0.2) is 38.8 Å². The van der Waals surface area contributed by atoms with Crippen molar-refractivity contribution in [3.8, 4) is 0 Å². The molecule has 5 nitrogen and oxygen atoms in total. The van der Waals surface area contributed by atoms with Crippen molar-refractivity contribution in [3.63, 3.8) is 0 Å². The molecule has 0 saturated heterocycles. The predicted molar refractivity (Wildman–Crippen MR) is 87.2 cm³/mol. The van der Waals surface area contributed by atoms with E-state index in [1.165, 1.54) is 18.2 Å². The van der Waals surface area contributed by atoms with Gasteiger partial charge in [0.15, 0.2) is 9.84 Å². The van der Waals surface area contributed by atoms with E-state index < -0.39 is 21.3 Å². The summed E-state index contributed by atoms with van der Waals surface area (Å²) in [5.41, 5.74) is -0.969. The Morgan fingerprint density at radius 1 is 1.32 bits per heavy atom. The fraction of sp³-hybridized carbons (Fsp3) is 0.500. The van der Waals surface area contributed by atoms with Crippen LogP contribution in [0.5, 0.6) is 0 Å². The molecule has 0 aromatic heterocycles. The maximum absolute atomic E-state index is 12.3. The molecule has 0 saturated carbocycles. The van der Waals surface area contributed by atoms with E-state index in [4.69, 9.17) is 27.9 Å². The van der Waals surface area contributed by atoms with Crippen LogP contribution in [-0.2, 0) is 19.4 Å². The largest absolute Gasteiger partial charge is 0.465 e. The Morgan fingerprint density at radius 2 is 1.95 bits per heavy atom. The van der Waals surface area contributed by atoms with Crippen molar-refractivity contribution < 1.29 is 17.9 Å². The first-order valence-electron chi connectivity index (χ1n) is 6.70. The summed E-state index contributed by atoms with van der Waals surface area (Å²) in [7, 11) is -3.60. The second kappa shape index (κ2) is 7.64. The Hall–Kier alpha value is -0.820. The van der Waals surface area contributed by atoms with Crippen molar-refractivity contribution in [2.45, 2.75) is 31.2 Å². The fourth-order valence-electron chi connectivity index (χ4n) is 1.71. The van der Waals surface area contributed by atoms with Crippen LogP contribution in [0.25, 0.3) is 0 Å². The number of sulfone groups is 1. The van der Waals surface area contributed by atoms with Crippen LogP contribution >= 0.6 is 23.2 Å². The highest BCUT2D eigenvalue weighted by Gasteiger charge is 2.29. The summed E-state index contributed by atoms with van der Waals surface area (Å²) in [5.74, 6) is -0.649. The first-order valence-corrected chi connectivity index (χ1v) is 9.11. The Bertz CT molecular complexity index is 644. The minimum absolute atomic E-state index is 0.0163. The number of rotatable bonds is 7. The summed E-state index contributed by atoms with van der Waals surface area (Å²) in [4.78, 5) is 11.7. The van der Waals surface area contributed by atoms with Crippen LogP contribution in [0.1, 0.15) is 20.8 Å². The number of halogens is 2. The van der Waals surface area contributed by atoms with E-state index in [2.05, 4.69) is 5.32 Å². The van der Waals surface area contributed by atoms with Crippen molar-refractivity contribution in [2.24, 2.45) is 0 Å². The lowest BCUT2D eigenvalue weighted by Crippen LogP contribution is -2.49. The van der Waals surface area contributed by atoms with Crippen molar-refractivity contribution in [3.05, 3.63) is 28.2 Å². The van der Waals surface area contributed by atoms with Gasteiger partial charge in [0.2, 0.25) is 0 Å². The Balaban J connectivity index is 2.75. The van der Waals surface area contributed by atoms with Crippen LogP contribution in [0.15, 0.2) is 23.1 Å². The lowest BCUT2D eigenvalue weighted by molar-refractivity contribution is -0.149. The lowest BCUT2D eigenvalue weighted by Gasteiger charge is -2.23. The van der Waals surface area contributed by atoms with Crippen LogP contribution in [0, 0.1) is 0 Å². The number of benzene rings is 1. The maximum atomic E-state index is 12.3. The monoisotopic (exact) mass is 367 g/mol. The van der Waals surface area contributed by atoms with Crippen LogP contribution in [0.3, 0.4) is 0 Å². The van der Waals surface area contributed by atoms with E-state index in [9.17, 15) is 13.2 Å². The number of hydrogen-bond donors (Lipinski definition) is 1. The molecule has 0 atom stereocenters. The zero-order valence-electron chi connectivity index (χ0n) is 12.7. The molecule has 0 spiro atoms. The molecule has 1 N–H and O–H groups in total. The minimum atomic E-state index is -3.60. The molecule has 0 aliphatic carbocycles. The molecule has 22 heavy (non-hydrogen) atoms. The molecule has 1 aromatic rings. The average molecular weight is 368 g/mol. The number of carbonyl (C=O) groups excluding carboxylic acids is 1. The molecule has 0 aliphatic rings. The van der Waals surface area contributed by atoms with Crippen molar-refractivity contribution in [1.29, 1.82) is 0 Å². The highest BCUT2D eigenvalue weighted by molar-refractivity contribution is 7.91. The van der Waals surface area contributed by atoms with E-state index in [1.807, 2.05) is 0 Å². The Labute approximate surface area is 140 Å². The number of carbonyl (C=O) groups is 1. The topological polar surface area (TPSA) is 72.5 Å². The number of esters is 1. The SMILES string of the molecule is CCOC(=O)C(C)(C)NCCS(=O)(=O)c1cc(Cl)ccc1Cl. The summed E-state index contributed by atoms with van der Waals surface area (Å²) in [6.45, 7) is 5.31. The molecule has 124 valence electrons. The van der Waals surface area contributed by atoms with E-state index >= 15 is 0 Å². The molecule has 0 aliphatic heterocycles. The lowest BCUT2D eigenvalue weighted by atomic mass is 10.1. The third-order valence-electron chi connectivity index (χ3n) is 2.95. The summed E-state index contributed by atoms with van der Waals surface area (Å²) in [6.07, 6.45) is 0. The standard InChI is InChI=1S/C14H19Cl2NO4S/c1-4-21-13(18)14(2,3)17-7-8-22(19,20)12-9-10(15)5-6-11(12)16/h5-6,9,17H,4,7-8H2,1-3H3. The molecule has 0 amide bonds. The van der Waals surface area contributed by atoms with Gasteiger partial charge in [-0.1, -0.05) is 23.2 Å². The van der Waals surface area contributed by atoms with E-state index in [1.54, 1.807) is 20.8 Å². The van der Waals surface area contributed by atoms with Gasteiger partial charge in [-0.25, -0.2) is 8.42 Å². The molecule has 0 radical (unpaired) electrons. The molecular weight excluding hydrogens is 349 g/mol. The van der Waals surface area contributed by atoms with Crippen LogP contribution < -0.4 is 5.32 Å². The third-order valence-corrected chi connectivity index (χ3v) is 5.38. The first-order chi connectivity index (χ1) is 10.1.